The Labute approximate surface area is 82.5 Å². The lowest BCUT2D eigenvalue weighted by atomic mass is 9.89. The Kier molecular flexibility index (Phi) is 3.78. The largest absolute Gasteiger partial charge is 0.401 e. The molecule has 0 aliphatic carbocycles. The number of nitrogens with zero attached hydrogens (tertiary/aromatic N) is 1. The molecule has 1 heterocycles. The zero-order valence-corrected chi connectivity index (χ0v) is 8.56. The number of nitrogens with one attached hydrogen (secondary N) is 1. The van der Waals surface area contributed by atoms with Crippen LogP contribution < -0.4 is 5.32 Å². The molecule has 14 heavy (non-hydrogen) atoms. The maximum Gasteiger partial charge on any atom is 0.401 e. The number of hydrogen-bond acceptors (Lipinski definition) is 2. The van der Waals surface area contributed by atoms with Crippen LogP contribution in [-0.2, 0) is 0 Å². The zero-order chi connectivity index (χ0) is 10.8. The van der Waals surface area contributed by atoms with E-state index < -0.39 is 12.7 Å². The molecule has 0 aromatic heterocycles. The molecule has 1 saturated heterocycles. The first-order valence-corrected chi connectivity index (χ1v) is 4.84. The highest BCUT2D eigenvalue weighted by molar-refractivity contribution is 4.80. The van der Waals surface area contributed by atoms with Gasteiger partial charge in [-0.05, 0) is 32.0 Å². The first kappa shape index (κ1) is 11.8. The SMILES string of the molecule is CC(CN(C)CC(F)(F)F)C1CNC1. The van der Waals surface area contributed by atoms with Gasteiger partial charge in [0.1, 0.15) is 0 Å². The monoisotopic (exact) mass is 210 g/mol. The van der Waals surface area contributed by atoms with E-state index in [1.807, 2.05) is 6.92 Å². The average Bonchev–Trinajstić information content (AvgIpc) is 1.75. The maximum absolute atomic E-state index is 12.0. The van der Waals surface area contributed by atoms with Gasteiger partial charge in [-0.25, -0.2) is 0 Å². The maximum atomic E-state index is 12.0. The van der Waals surface area contributed by atoms with Crippen molar-refractivity contribution >= 4 is 0 Å². The van der Waals surface area contributed by atoms with Crippen LogP contribution in [0.4, 0.5) is 13.2 Å². The summed E-state index contributed by atoms with van der Waals surface area (Å²) >= 11 is 0. The van der Waals surface area contributed by atoms with Crippen LogP contribution in [0.1, 0.15) is 6.92 Å². The molecule has 1 fully saturated rings. The molecule has 0 bridgehead atoms. The molecular formula is C9H17F3N2. The highest BCUT2D eigenvalue weighted by Gasteiger charge is 2.31. The van der Waals surface area contributed by atoms with E-state index in [0.717, 1.165) is 13.1 Å². The third-order valence-corrected chi connectivity index (χ3v) is 2.67. The molecule has 0 saturated carbocycles. The van der Waals surface area contributed by atoms with E-state index >= 15 is 0 Å². The van der Waals surface area contributed by atoms with Crippen molar-refractivity contribution in [2.24, 2.45) is 11.8 Å². The van der Waals surface area contributed by atoms with Crippen molar-refractivity contribution in [1.29, 1.82) is 0 Å². The summed E-state index contributed by atoms with van der Waals surface area (Å²) in [4.78, 5) is 1.35. The van der Waals surface area contributed by atoms with Gasteiger partial charge in [-0.2, -0.15) is 13.2 Å². The van der Waals surface area contributed by atoms with E-state index in [1.165, 1.54) is 11.9 Å². The second-order valence-electron chi connectivity index (χ2n) is 4.21. The van der Waals surface area contributed by atoms with Crippen molar-refractivity contribution < 1.29 is 13.2 Å². The summed E-state index contributed by atoms with van der Waals surface area (Å²) in [7, 11) is 1.52. The Morgan fingerprint density at radius 1 is 1.43 bits per heavy atom. The molecule has 1 rings (SSSR count). The Hall–Kier alpha value is -0.290. The summed E-state index contributed by atoms with van der Waals surface area (Å²) < 4.78 is 36.0. The fraction of sp³-hybridized carbons (Fsp3) is 1.00. The Morgan fingerprint density at radius 3 is 2.36 bits per heavy atom. The molecular weight excluding hydrogens is 193 g/mol. The molecule has 5 heteroatoms. The summed E-state index contributed by atoms with van der Waals surface area (Å²) in [6.45, 7) is 3.61. The minimum absolute atomic E-state index is 0.337. The van der Waals surface area contributed by atoms with E-state index in [0.29, 0.717) is 18.4 Å². The van der Waals surface area contributed by atoms with Crippen LogP contribution in [0.25, 0.3) is 0 Å². The molecule has 0 radical (unpaired) electrons. The molecule has 1 atom stereocenters. The molecule has 1 aliphatic heterocycles. The number of halogens is 3. The predicted molar refractivity (Wildman–Crippen MR) is 49.1 cm³/mol. The van der Waals surface area contributed by atoms with Gasteiger partial charge in [0.2, 0.25) is 0 Å². The van der Waals surface area contributed by atoms with Crippen molar-refractivity contribution in [3.05, 3.63) is 0 Å². The van der Waals surface area contributed by atoms with E-state index in [4.69, 9.17) is 0 Å². The second-order valence-corrected chi connectivity index (χ2v) is 4.21. The van der Waals surface area contributed by atoms with E-state index in [-0.39, 0.29) is 0 Å². The topological polar surface area (TPSA) is 15.3 Å². The van der Waals surface area contributed by atoms with Gasteiger partial charge in [-0.3, -0.25) is 4.90 Å². The van der Waals surface area contributed by atoms with E-state index in [2.05, 4.69) is 5.32 Å². The molecule has 0 aromatic carbocycles. The van der Waals surface area contributed by atoms with Crippen LogP contribution >= 0.6 is 0 Å². The average molecular weight is 210 g/mol. The van der Waals surface area contributed by atoms with Gasteiger partial charge in [0.25, 0.3) is 0 Å². The van der Waals surface area contributed by atoms with Crippen LogP contribution in [-0.4, -0.2) is 44.3 Å². The van der Waals surface area contributed by atoms with Gasteiger partial charge in [0, 0.05) is 6.54 Å². The lowest BCUT2D eigenvalue weighted by molar-refractivity contribution is -0.144. The summed E-state index contributed by atoms with van der Waals surface area (Å²) in [6, 6.07) is 0. The summed E-state index contributed by atoms with van der Waals surface area (Å²) in [5, 5.41) is 3.12. The van der Waals surface area contributed by atoms with Crippen LogP contribution in [0.3, 0.4) is 0 Å². The molecule has 84 valence electrons. The molecule has 0 amide bonds. The van der Waals surface area contributed by atoms with Crippen molar-refractivity contribution in [3.8, 4) is 0 Å². The molecule has 1 aliphatic rings. The van der Waals surface area contributed by atoms with Crippen molar-refractivity contribution in [3.63, 3.8) is 0 Å². The molecule has 1 unspecified atom stereocenters. The minimum atomic E-state index is -4.08. The predicted octanol–water partition coefficient (Wildman–Crippen LogP) is 1.34. The first-order chi connectivity index (χ1) is 6.38. The van der Waals surface area contributed by atoms with Gasteiger partial charge < -0.3 is 5.32 Å². The van der Waals surface area contributed by atoms with Crippen molar-refractivity contribution in [1.82, 2.24) is 10.2 Å². The molecule has 1 N–H and O–H groups in total. The normalized spacial score (nSPS) is 21.0. The highest BCUT2D eigenvalue weighted by atomic mass is 19.4. The summed E-state index contributed by atoms with van der Waals surface area (Å²) in [6.07, 6.45) is -4.08. The molecule has 0 spiro atoms. The summed E-state index contributed by atoms with van der Waals surface area (Å²) in [5.41, 5.74) is 0. The third kappa shape index (κ3) is 3.84. The quantitative estimate of drug-likeness (QED) is 0.753. The van der Waals surface area contributed by atoms with Crippen molar-refractivity contribution in [2.75, 3.05) is 33.2 Å². The lowest BCUT2D eigenvalue weighted by Crippen LogP contribution is -2.48. The standard InChI is InChI=1S/C9H17F3N2/c1-7(8-3-13-4-8)5-14(2)6-9(10,11)12/h7-8,13H,3-6H2,1-2H3. The van der Waals surface area contributed by atoms with Crippen LogP contribution in [0.5, 0.6) is 0 Å². The molecule has 2 nitrogen and oxygen atoms in total. The van der Waals surface area contributed by atoms with Crippen molar-refractivity contribution in [2.45, 2.75) is 13.1 Å². The Bertz CT molecular complexity index is 177. The number of rotatable bonds is 4. The van der Waals surface area contributed by atoms with E-state index in [9.17, 15) is 13.2 Å². The molecule has 0 aromatic rings. The Balaban J connectivity index is 2.21. The van der Waals surface area contributed by atoms with Crippen LogP contribution in [0.15, 0.2) is 0 Å². The summed E-state index contributed by atoms with van der Waals surface area (Å²) in [5.74, 6) is 0.884. The van der Waals surface area contributed by atoms with Gasteiger partial charge in [0.05, 0.1) is 6.54 Å². The van der Waals surface area contributed by atoms with Gasteiger partial charge in [-0.1, -0.05) is 6.92 Å². The lowest BCUT2D eigenvalue weighted by Gasteiger charge is -2.34. The number of alkyl halides is 3. The third-order valence-electron chi connectivity index (χ3n) is 2.67. The van der Waals surface area contributed by atoms with Gasteiger partial charge in [0.15, 0.2) is 0 Å². The van der Waals surface area contributed by atoms with E-state index in [1.54, 1.807) is 0 Å². The second kappa shape index (κ2) is 4.49. The fourth-order valence-electron chi connectivity index (χ4n) is 1.72. The highest BCUT2D eigenvalue weighted by Crippen LogP contribution is 2.20. The first-order valence-electron chi connectivity index (χ1n) is 4.84. The Morgan fingerprint density at radius 2 is 2.00 bits per heavy atom. The van der Waals surface area contributed by atoms with Crippen LogP contribution in [0.2, 0.25) is 0 Å². The number of hydrogen-bond donors (Lipinski definition) is 1. The minimum Gasteiger partial charge on any atom is -0.316 e. The van der Waals surface area contributed by atoms with Gasteiger partial charge in [-0.15, -0.1) is 0 Å². The zero-order valence-electron chi connectivity index (χ0n) is 8.56. The fourth-order valence-corrected chi connectivity index (χ4v) is 1.72. The smallest absolute Gasteiger partial charge is 0.316 e. The van der Waals surface area contributed by atoms with Gasteiger partial charge >= 0.3 is 6.18 Å². The van der Waals surface area contributed by atoms with Crippen LogP contribution in [0, 0.1) is 11.8 Å².